The van der Waals surface area contributed by atoms with Gasteiger partial charge in [0, 0.05) is 35.2 Å². The number of amides is 1. The number of hydrogen-bond donors (Lipinski definition) is 1. The second-order valence-corrected chi connectivity index (χ2v) is 6.23. The van der Waals surface area contributed by atoms with Crippen LogP contribution in [0.2, 0.25) is 0 Å². The number of fused-ring (bicyclic) bond motifs is 1. The average molecular weight is 334 g/mol. The van der Waals surface area contributed by atoms with Crippen molar-refractivity contribution in [3.63, 3.8) is 0 Å². The highest BCUT2D eigenvalue weighted by Crippen LogP contribution is 2.25. The number of rotatable bonds is 3. The molecule has 0 atom stereocenters. The lowest BCUT2D eigenvalue weighted by atomic mass is 10.1. The summed E-state index contributed by atoms with van der Waals surface area (Å²) in [5.41, 5.74) is 4.21. The van der Waals surface area contributed by atoms with E-state index in [1.54, 1.807) is 6.20 Å². The predicted octanol–water partition coefficient (Wildman–Crippen LogP) is 4.02. The maximum absolute atomic E-state index is 12.3. The maximum Gasteiger partial charge on any atom is 0.256 e. The van der Waals surface area contributed by atoms with E-state index in [0.29, 0.717) is 11.3 Å². The Morgan fingerprint density at radius 3 is 3.00 bits per heavy atom. The topological polar surface area (TPSA) is 59.3 Å². The van der Waals surface area contributed by atoms with Crippen molar-refractivity contribution in [1.82, 2.24) is 14.4 Å². The quantitative estimate of drug-likeness (QED) is 0.615. The van der Waals surface area contributed by atoms with E-state index in [1.807, 2.05) is 64.8 Å². The molecule has 6 heteroatoms. The van der Waals surface area contributed by atoms with Crippen LogP contribution in [-0.2, 0) is 0 Å². The molecule has 1 N–H and O–H groups in total. The first-order valence-corrected chi connectivity index (χ1v) is 8.39. The number of hydrogen-bond acceptors (Lipinski definition) is 4. The van der Waals surface area contributed by atoms with Gasteiger partial charge >= 0.3 is 0 Å². The van der Waals surface area contributed by atoms with Crippen LogP contribution in [0.1, 0.15) is 15.9 Å². The van der Waals surface area contributed by atoms with Crippen molar-refractivity contribution >= 4 is 28.7 Å². The summed E-state index contributed by atoms with van der Waals surface area (Å²) in [6.07, 6.45) is 5.55. The third-order valence-electron chi connectivity index (χ3n) is 3.80. The molecule has 1 amide bonds. The third-order valence-corrected chi connectivity index (χ3v) is 4.48. The summed E-state index contributed by atoms with van der Waals surface area (Å²) in [5.74, 6) is 0.546. The number of imidazole rings is 1. The highest BCUT2D eigenvalue weighted by molar-refractivity contribution is 7.08. The summed E-state index contributed by atoms with van der Waals surface area (Å²) in [4.78, 5) is 21.0. The Balaban J connectivity index is 1.69. The molecular weight excluding hydrogens is 320 g/mol. The van der Waals surface area contributed by atoms with E-state index in [1.165, 1.54) is 11.3 Å². The van der Waals surface area contributed by atoms with Crippen molar-refractivity contribution in [2.75, 3.05) is 5.32 Å². The molecule has 0 unspecified atom stereocenters. The number of benzene rings is 1. The van der Waals surface area contributed by atoms with Crippen molar-refractivity contribution < 1.29 is 4.79 Å². The fourth-order valence-corrected chi connectivity index (χ4v) is 3.11. The van der Waals surface area contributed by atoms with Gasteiger partial charge < -0.3 is 5.32 Å². The molecule has 5 nitrogen and oxygen atoms in total. The number of anilines is 1. The average Bonchev–Trinajstić information content (AvgIpc) is 3.26. The second-order valence-electron chi connectivity index (χ2n) is 5.45. The molecule has 24 heavy (non-hydrogen) atoms. The number of aromatic nitrogens is 3. The number of carbonyl (C=O) groups is 1. The van der Waals surface area contributed by atoms with Gasteiger partial charge in [0.25, 0.3) is 5.91 Å². The molecule has 118 valence electrons. The monoisotopic (exact) mass is 334 g/mol. The summed E-state index contributed by atoms with van der Waals surface area (Å²) in [7, 11) is 0. The van der Waals surface area contributed by atoms with Gasteiger partial charge in [0.2, 0.25) is 5.78 Å². The second kappa shape index (κ2) is 5.90. The van der Waals surface area contributed by atoms with Gasteiger partial charge in [-0.05, 0) is 36.1 Å². The van der Waals surface area contributed by atoms with Gasteiger partial charge in [-0.25, -0.2) is 9.97 Å². The molecule has 0 bridgehead atoms. The Morgan fingerprint density at radius 2 is 2.21 bits per heavy atom. The zero-order valence-corrected chi connectivity index (χ0v) is 13.7. The predicted molar refractivity (Wildman–Crippen MR) is 95.4 cm³/mol. The number of nitrogens with zero attached hydrogens (tertiary/aromatic N) is 3. The Bertz CT molecular complexity index is 988. The summed E-state index contributed by atoms with van der Waals surface area (Å²) in [5, 5.41) is 6.70. The van der Waals surface area contributed by atoms with Gasteiger partial charge in [-0.15, -0.1) is 0 Å². The van der Waals surface area contributed by atoms with E-state index in [9.17, 15) is 4.79 Å². The van der Waals surface area contributed by atoms with Gasteiger partial charge in [-0.3, -0.25) is 9.20 Å². The number of carbonyl (C=O) groups excluding carboxylic acids is 1. The van der Waals surface area contributed by atoms with Crippen LogP contribution in [-0.4, -0.2) is 20.3 Å². The normalized spacial score (nSPS) is 10.9. The van der Waals surface area contributed by atoms with Gasteiger partial charge in [0.15, 0.2) is 0 Å². The SMILES string of the molecule is Cc1ccc(-c2cn3cccnc3n2)cc1NC(=O)c1ccsc1. The smallest absolute Gasteiger partial charge is 0.256 e. The Kier molecular flexibility index (Phi) is 3.59. The molecule has 3 aromatic heterocycles. The molecular formula is C18H14N4OS. The van der Waals surface area contributed by atoms with Crippen LogP contribution >= 0.6 is 11.3 Å². The van der Waals surface area contributed by atoms with Crippen LogP contribution in [0.25, 0.3) is 17.0 Å². The van der Waals surface area contributed by atoms with Gasteiger partial charge in [0.05, 0.1) is 11.3 Å². The highest BCUT2D eigenvalue weighted by Gasteiger charge is 2.11. The number of aryl methyl sites for hydroxylation is 1. The largest absolute Gasteiger partial charge is 0.322 e. The molecule has 0 radical (unpaired) electrons. The Hall–Kier alpha value is -2.99. The summed E-state index contributed by atoms with van der Waals surface area (Å²) < 4.78 is 1.87. The van der Waals surface area contributed by atoms with E-state index in [2.05, 4.69) is 15.3 Å². The number of thiophene rings is 1. The van der Waals surface area contributed by atoms with Crippen LogP contribution in [0.3, 0.4) is 0 Å². The lowest BCUT2D eigenvalue weighted by molar-refractivity contribution is 0.102. The summed E-state index contributed by atoms with van der Waals surface area (Å²) >= 11 is 1.50. The molecule has 0 saturated carbocycles. The van der Waals surface area contributed by atoms with Gasteiger partial charge in [-0.1, -0.05) is 12.1 Å². The van der Waals surface area contributed by atoms with Crippen molar-refractivity contribution in [3.05, 3.63) is 70.8 Å². The van der Waals surface area contributed by atoms with E-state index in [4.69, 9.17) is 0 Å². The lowest BCUT2D eigenvalue weighted by Crippen LogP contribution is -2.11. The maximum atomic E-state index is 12.3. The van der Waals surface area contributed by atoms with E-state index in [0.717, 1.165) is 22.5 Å². The molecule has 4 rings (SSSR count). The van der Waals surface area contributed by atoms with Crippen LogP contribution in [0.4, 0.5) is 5.69 Å². The Morgan fingerprint density at radius 1 is 1.29 bits per heavy atom. The number of nitrogens with one attached hydrogen (secondary N) is 1. The van der Waals surface area contributed by atoms with Crippen molar-refractivity contribution in [2.45, 2.75) is 6.92 Å². The van der Waals surface area contributed by atoms with Crippen LogP contribution in [0.5, 0.6) is 0 Å². The Labute approximate surface area is 142 Å². The van der Waals surface area contributed by atoms with Gasteiger partial charge in [0.1, 0.15) is 0 Å². The highest BCUT2D eigenvalue weighted by atomic mass is 32.1. The van der Waals surface area contributed by atoms with E-state index >= 15 is 0 Å². The van der Waals surface area contributed by atoms with Crippen LogP contribution in [0.15, 0.2) is 59.7 Å². The first-order valence-electron chi connectivity index (χ1n) is 7.45. The minimum atomic E-state index is -0.104. The van der Waals surface area contributed by atoms with Crippen LogP contribution < -0.4 is 5.32 Å². The fraction of sp³-hybridized carbons (Fsp3) is 0.0556. The molecule has 0 fully saturated rings. The van der Waals surface area contributed by atoms with Gasteiger partial charge in [-0.2, -0.15) is 11.3 Å². The molecule has 0 aliphatic rings. The minimum absolute atomic E-state index is 0.104. The minimum Gasteiger partial charge on any atom is -0.322 e. The van der Waals surface area contributed by atoms with Crippen molar-refractivity contribution in [1.29, 1.82) is 0 Å². The molecule has 0 spiro atoms. The molecule has 0 saturated heterocycles. The summed E-state index contributed by atoms with van der Waals surface area (Å²) in [6, 6.07) is 9.60. The summed E-state index contributed by atoms with van der Waals surface area (Å²) in [6.45, 7) is 1.97. The van der Waals surface area contributed by atoms with E-state index in [-0.39, 0.29) is 5.91 Å². The molecule has 0 aliphatic carbocycles. The molecule has 4 aromatic rings. The zero-order valence-electron chi connectivity index (χ0n) is 12.9. The molecule has 3 heterocycles. The van der Waals surface area contributed by atoms with Crippen LogP contribution in [0, 0.1) is 6.92 Å². The first-order chi connectivity index (χ1) is 11.7. The fourth-order valence-electron chi connectivity index (χ4n) is 2.47. The van der Waals surface area contributed by atoms with E-state index < -0.39 is 0 Å². The standard InChI is InChI=1S/C18H14N4OS/c1-12-3-4-13(16-10-22-7-2-6-19-18(22)21-16)9-15(12)20-17(23)14-5-8-24-11-14/h2-11H,1H3,(H,20,23). The van der Waals surface area contributed by atoms with Crippen molar-refractivity contribution in [3.8, 4) is 11.3 Å². The zero-order chi connectivity index (χ0) is 16.5. The lowest BCUT2D eigenvalue weighted by Gasteiger charge is -2.09. The molecule has 1 aromatic carbocycles. The van der Waals surface area contributed by atoms with Crippen molar-refractivity contribution in [2.24, 2.45) is 0 Å². The molecule has 0 aliphatic heterocycles. The first kappa shape index (κ1) is 14.6. The third kappa shape index (κ3) is 2.68.